The third kappa shape index (κ3) is 2.01. The van der Waals surface area contributed by atoms with Gasteiger partial charge in [0.15, 0.2) is 0 Å². The van der Waals surface area contributed by atoms with Gasteiger partial charge in [-0.15, -0.1) is 0 Å². The highest BCUT2D eigenvalue weighted by atomic mass is 79.9. The smallest absolute Gasteiger partial charge is 0.0346 e. The van der Waals surface area contributed by atoms with Gasteiger partial charge in [0, 0.05) is 16.7 Å². The first-order chi connectivity index (χ1) is 5.65. The molecule has 0 aliphatic carbocycles. The highest BCUT2D eigenvalue weighted by molar-refractivity contribution is 9.10. The second-order valence-corrected chi connectivity index (χ2v) is 3.75. The molecule has 0 saturated heterocycles. The number of benzene rings is 1. The van der Waals surface area contributed by atoms with E-state index in [1.165, 1.54) is 21.3 Å². The summed E-state index contributed by atoms with van der Waals surface area (Å²) in [6, 6.07) is 4.31. The average molecular weight is 228 g/mol. The molecule has 0 heterocycles. The number of hydrogen-bond acceptors (Lipinski definition) is 1. The molecule has 1 rings (SSSR count). The van der Waals surface area contributed by atoms with Gasteiger partial charge >= 0.3 is 0 Å². The van der Waals surface area contributed by atoms with Gasteiger partial charge in [-0.25, -0.2) is 0 Å². The maximum Gasteiger partial charge on any atom is 0.0346 e. The van der Waals surface area contributed by atoms with Crippen LogP contribution in [-0.4, -0.2) is 6.54 Å². The molecule has 1 N–H and O–H groups in total. The van der Waals surface area contributed by atoms with Crippen LogP contribution in [0.4, 0.5) is 5.69 Å². The van der Waals surface area contributed by atoms with Crippen LogP contribution in [0, 0.1) is 13.8 Å². The van der Waals surface area contributed by atoms with Crippen molar-refractivity contribution in [2.45, 2.75) is 20.8 Å². The fraction of sp³-hybridized carbons (Fsp3) is 0.400. The van der Waals surface area contributed by atoms with E-state index in [9.17, 15) is 0 Å². The van der Waals surface area contributed by atoms with Gasteiger partial charge in [-0.05, 0) is 44.0 Å². The number of halogens is 1. The minimum atomic E-state index is 0.973. The van der Waals surface area contributed by atoms with Crippen LogP contribution >= 0.6 is 15.9 Å². The molecular formula is C10H14BrN. The third-order valence-corrected chi connectivity index (χ3v) is 3.07. The first-order valence-electron chi connectivity index (χ1n) is 4.15. The van der Waals surface area contributed by atoms with Crippen molar-refractivity contribution in [3.05, 3.63) is 27.7 Å². The van der Waals surface area contributed by atoms with E-state index in [2.05, 4.69) is 54.2 Å². The lowest BCUT2D eigenvalue weighted by molar-refractivity contribution is 1.20. The van der Waals surface area contributed by atoms with Crippen molar-refractivity contribution < 1.29 is 0 Å². The third-order valence-electron chi connectivity index (χ3n) is 1.82. The number of hydrogen-bond donors (Lipinski definition) is 1. The maximum atomic E-state index is 3.54. The zero-order chi connectivity index (χ0) is 9.14. The molecule has 0 fully saturated rings. The van der Waals surface area contributed by atoms with E-state index in [0.29, 0.717) is 0 Å². The minimum Gasteiger partial charge on any atom is -0.385 e. The van der Waals surface area contributed by atoms with E-state index in [4.69, 9.17) is 0 Å². The lowest BCUT2D eigenvalue weighted by Crippen LogP contribution is -1.97. The van der Waals surface area contributed by atoms with Gasteiger partial charge in [-0.1, -0.05) is 15.9 Å². The molecule has 1 nitrogen and oxygen atoms in total. The summed E-state index contributed by atoms with van der Waals surface area (Å²) in [6.07, 6.45) is 0. The molecule has 1 aromatic carbocycles. The molecule has 0 bridgehead atoms. The van der Waals surface area contributed by atoms with E-state index in [1.807, 2.05) is 0 Å². The summed E-state index contributed by atoms with van der Waals surface area (Å²) in [5.74, 6) is 0. The first-order valence-corrected chi connectivity index (χ1v) is 4.95. The summed E-state index contributed by atoms with van der Waals surface area (Å²) >= 11 is 3.54. The molecule has 12 heavy (non-hydrogen) atoms. The number of nitrogens with one attached hydrogen (secondary N) is 1. The predicted octanol–water partition coefficient (Wildman–Crippen LogP) is 3.50. The normalized spacial score (nSPS) is 10.0. The Morgan fingerprint density at radius 2 is 1.75 bits per heavy atom. The monoisotopic (exact) mass is 227 g/mol. The first kappa shape index (κ1) is 9.59. The van der Waals surface area contributed by atoms with E-state index >= 15 is 0 Å². The predicted molar refractivity (Wildman–Crippen MR) is 57.8 cm³/mol. The van der Waals surface area contributed by atoms with Crippen molar-refractivity contribution in [3.8, 4) is 0 Å². The topological polar surface area (TPSA) is 12.0 Å². The molecule has 66 valence electrons. The average Bonchev–Trinajstić information content (AvgIpc) is 2.01. The summed E-state index contributed by atoms with van der Waals surface area (Å²) in [5, 5.41) is 3.30. The van der Waals surface area contributed by atoms with Crippen LogP contribution < -0.4 is 5.32 Å². The number of rotatable bonds is 2. The summed E-state index contributed by atoms with van der Waals surface area (Å²) < 4.78 is 1.21. The van der Waals surface area contributed by atoms with Crippen molar-refractivity contribution in [1.82, 2.24) is 0 Å². The van der Waals surface area contributed by atoms with Gasteiger partial charge in [0.25, 0.3) is 0 Å². The van der Waals surface area contributed by atoms with E-state index < -0.39 is 0 Å². The number of anilines is 1. The Morgan fingerprint density at radius 3 is 2.17 bits per heavy atom. The Balaban J connectivity index is 3.04. The van der Waals surface area contributed by atoms with Gasteiger partial charge in [0.2, 0.25) is 0 Å². The molecule has 0 radical (unpaired) electrons. The Labute approximate surface area is 82.3 Å². The fourth-order valence-electron chi connectivity index (χ4n) is 1.25. The zero-order valence-corrected chi connectivity index (χ0v) is 9.33. The molecule has 1 aromatic rings. The maximum absolute atomic E-state index is 3.54. The van der Waals surface area contributed by atoms with Crippen molar-refractivity contribution in [3.63, 3.8) is 0 Å². The molecule has 0 atom stereocenters. The van der Waals surface area contributed by atoms with Crippen molar-refractivity contribution in [2.24, 2.45) is 0 Å². The van der Waals surface area contributed by atoms with E-state index in [0.717, 1.165) is 6.54 Å². The van der Waals surface area contributed by atoms with E-state index in [-0.39, 0.29) is 0 Å². The Morgan fingerprint density at radius 1 is 1.25 bits per heavy atom. The Kier molecular flexibility index (Phi) is 3.15. The summed E-state index contributed by atoms with van der Waals surface area (Å²) in [4.78, 5) is 0. The van der Waals surface area contributed by atoms with Crippen LogP contribution in [0.15, 0.2) is 16.6 Å². The van der Waals surface area contributed by atoms with Gasteiger partial charge in [0.1, 0.15) is 0 Å². The van der Waals surface area contributed by atoms with Gasteiger partial charge in [-0.2, -0.15) is 0 Å². The fourth-order valence-corrected chi connectivity index (χ4v) is 1.48. The van der Waals surface area contributed by atoms with Crippen LogP contribution in [0.1, 0.15) is 18.1 Å². The summed E-state index contributed by atoms with van der Waals surface area (Å²) in [7, 11) is 0. The van der Waals surface area contributed by atoms with Crippen LogP contribution in [0.25, 0.3) is 0 Å². The standard InChI is InChI=1S/C10H14BrN/c1-4-12-9-5-7(2)10(11)8(3)6-9/h5-6,12H,4H2,1-3H3. The zero-order valence-electron chi connectivity index (χ0n) is 7.74. The Bertz CT molecular complexity index is 258. The molecule has 0 aliphatic heterocycles. The van der Waals surface area contributed by atoms with Gasteiger partial charge < -0.3 is 5.32 Å². The van der Waals surface area contributed by atoms with Crippen molar-refractivity contribution in [1.29, 1.82) is 0 Å². The summed E-state index contributed by atoms with van der Waals surface area (Å²) in [6.45, 7) is 7.29. The van der Waals surface area contributed by atoms with Crippen LogP contribution in [0.2, 0.25) is 0 Å². The largest absolute Gasteiger partial charge is 0.385 e. The van der Waals surface area contributed by atoms with Crippen LogP contribution in [0.3, 0.4) is 0 Å². The van der Waals surface area contributed by atoms with Crippen LogP contribution in [0.5, 0.6) is 0 Å². The SMILES string of the molecule is CCNc1cc(C)c(Br)c(C)c1. The second-order valence-electron chi connectivity index (χ2n) is 2.95. The molecule has 0 spiro atoms. The molecule has 2 heteroatoms. The minimum absolute atomic E-state index is 0.973. The van der Waals surface area contributed by atoms with Crippen molar-refractivity contribution in [2.75, 3.05) is 11.9 Å². The number of aryl methyl sites for hydroxylation is 2. The molecule has 0 saturated carbocycles. The molecule has 0 aromatic heterocycles. The van der Waals surface area contributed by atoms with Gasteiger partial charge in [-0.3, -0.25) is 0 Å². The van der Waals surface area contributed by atoms with Crippen LogP contribution in [-0.2, 0) is 0 Å². The van der Waals surface area contributed by atoms with Gasteiger partial charge in [0.05, 0.1) is 0 Å². The molecular weight excluding hydrogens is 214 g/mol. The lowest BCUT2D eigenvalue weighted by Gasteiger charge is -2.08. The molecule has 0 aliphatic rings. The Hall–Kier alpha value is -0.500. The summed E-state index contributed by atoms with van der Waals surface area (Å²) in [5.41, 5.74) is 3.77. The quantitative estimate of drug-likeness (QED) is 0.816. The highest BCUT2D eigenvalue weighted by Crippen LogP contribution is 2.24. The van der Waals surface area contributed by atoms with Crippen molar-refractivity contribution >= 4 is 21.6 Å². The highest BCUT2D eigenvalue weighted by Gasteiger charge is 2.00. The molecule has 0 unspecified atom stereocenters. The second kappa shape index (κ2) is 3.94. The lowest BCUT2D eigenvalue weighted by atomic mass is 10.1. The van der Waals surface area contributed by atoms with E-state index in [1.54, 1.807) is 0 Å². The molecule has 0 amide bonds.